The molecule has 0 spiro atoms. The summed E-state index contributed by atoms with van der Waals surface area (Å²) in [4.78, 5) is 3.95. The zero-order chi connectivity index (χ0) is 14.6. The Balaban J connectivity index is 2.17. The SMILES string of the molecule is N#Cc1ccnc(NCc2ccccc2C(F)(F)F)c1. The molecule has 20 heavy (non-hydrogen) atoms. The van der Waals surface area contributed by atoms with Crippen LogP contribution in [0.3, 0.4) is 0 Å². The van der Waals surface area contributed by atoms with Crippen LogP contribution in [-0.4, -0.2) is 4.98 Å². The molecule has 1 aromatic heterocycles. The molecule has 1 aromatic carbocycles. The van der Waals surface area contributed by atoms with E-state index in [1.54, 1.807) is 6.07 Å². The highest BCUT2D eigenvalue weighted by Gasteiger charge is 2.32. The Hall–Kier alpha value is -2.55. The Kier molecular flexibility index (Phi) is 3.89. The van der Waals surface area contributed by atoms with E-state index in [0.717, 1.165) is 6.07 Å². The Morgan fingerprint density at radius 3 is 2.65 bits per heavy atom. The summed E-state index contributed by atoms with van der Waals surface area (Å²) in [5.74, 6) is 0.362. The molecule has 0 saturated heterocycles. The van der Waals surface area contributed by atoms with Gasteiger partial charge in [0.25, 0.3) is 0 Å². The fourth-order valence-corrected chi connectivity index (χ4v) is 1.73. The molecule has 6 heteroatoms. The first kappa shape index (κ1) is 13.9. The smallest absolute Gasteiger partial charge is 0.366 e. The maximum atomic E-state index is 12.8. The summed E-state index contributed by atoms with van der Waals surface area (Å²) in [6.07, 6.45) is -2.96. The van der Waals surface area contributed by atoms with Crippen molar-refractivity contribution in [3.8, 4) is 6.07 Å². The Labute approximate surface area is 113 Å². The minimum absolute atomic E-state index is 0.0163. The largest absolute Gasteiger partial charge is 0.416 e. The second kappa shape index (κ2) is 5.61. The molecule has 0 radical (unpaired) electrons. The molecule has 102 valence electrons. The Morgan fingerprint density at radius 2 is 1.95 bits per heavy atom. The molecule has 1 N–H and O–H groups in total. The van der Waals surface area contributed by atoms with Gasteiger partial charge in [0.1, 0.15) is 5.82 Å². The lowest BCUT2D eigenvalue weighted by Crippen LogP contribution is -2.12. The van der Waals surface area contributed by atoms with Gasteiger partial charge in [0.05, 0.1) is 17.2 Å². The van der Waals surface area contributed by atoms with Crippen LogP contribution in [0.15, 0.2) is 42.6 Å². The minimum atomic E-state index is -4.39. The van der Waals surface area contributed by atoms with Gasteiger partial charge in [-0.15, -0.1) is 0 Å². The average molecular weight is 277 g/mol. The maximum Gasteiger partial charge on any atom is 0.416 e. The number of alkyl halides is 3. The third kappa shape index (κ3) is 3.26. The number of aromatic nitrogens is 1. The van der Waals surface area contributed by atoms with Crippen molar-refractivity contribution in [1.82, 2.24) is 4.98 Å². The van der Waals surface area contributed by atoms with E-state index in [1.165, 1.54) is 30.5 Å². The molecular formula is C14H10F3N3. The molecule has 0 atom stereocenters. The standard InChI is InChI=1S/C14H10F3N3/c15-14(16,17)12-4-2-1-3-11(12)9-20-13-7-10(8-18)5-6-19-13/h1-7H,9H2,(H,19,20). The second-order valence-corrected chi connectivity index (χ2v) is 4.05. The lowest BCUT2D eigenvalue weighted by atomic mass is 10.1. The van der Waals surface area contributed by atoms with Crippen LogP contribution in [-0.2, 0) is 12.7 Å². The van der Waals surface area contributed by atoms with Gasteiger partial charge in [-0.25, -0.2) is 4.98 Å². The quantitative estimate of drug-likeness (QED) is 0.932. The number of nitrogens with zero attached hydrogens (tertiary/aromatic N) is 2. The number of pyridine rings is 1. The van der Waals surface area contributed by atoms with Crippen molar-refractivity contribution < 1.29 is 13.2 Å². The summed E-state index contributed by atoms with van der Waals surface area (Å²) in [5, 5.41) is 11.5. The van der Waals surface area contributed by atoms with Crippen molar-refractivity contribution in [2.75, 3.05) is 5.32 Å². The summed E-state index contributed by atoms with van der Waals surface area (Å²) in [6.45, 7) is -0.0163. The van der Waals surface area contributed by atoms with Crippen molar-refractivity contribution >= 4 is 5.82 Å². The van der Waals surface area contributed by atoms with Crippen LogP contribution in [0.2, 0.25) is 0 Å². The second-order valence-electron chi connectivity index (χ2n) is 4.05. The highest BCUT2D eigenvalue weighted by molar-refractivity contribution is 5.43. The van der Waals surface area contributed by atoms with Gasteiger partial charge >= 0.3 is 6.18 Å². The summed E-state index contributed by atoms with van der Waals surface area (Å²) in [5.41, 5.74) is -0.153. The van der Waals surface area contributed by atoms with Crippen LogP contribution >= 0.6 is 0 Å². The van der Waals surface area contributed by atoms with Crippen LogP contribution in [0.4, 0.5) is 19.0 Å². The average Bonchev–Trinajstić information content (AvgIpc) is 2.44. The number of rotatable bonds is 3. The van der Waals surface area contributed by atoms with Gasteiger partial charge in [-0.2, -0.15) is 18.4 Å². The van der Waals surface area contributed by atoms with Gasteiger partial charge in [0.2, 0.25) is 0 Å². The van der Waals surface area contributed by atoms with Crippen molar-refractivity contribution in [1.29, 1.82) is 5.26 Å². The van der Waals surface area contributed by atoms with E-state index in [0.29, 0.717) is 11.4 Å². The van der Waals surface area contributed by atoms with E-state index in [2.05, 4.69) is 10.3 Å². The van der Waals surface area contributed by atoms with Gasteiger partial charge in [0.15, 0.2) is 0 Å². The van der Waals surface area contributed by atoms with E-state index in [1.807, 2.05) is 6.07 Å². The first-order valence-electron chi connectivity index (χ1n) is 5.76. The lowest BCUT2D eigenvalue weighted by Gasteiger charge is -2.13. The predicted molar refractivity (Wildman–Crippen MR) is 67.7 cm³/mol. The van der Waals surface area contributed by atoms with Crippen molar-refractivity contribution in [3.63, 3.8) is 0 Å². The van der Waals surface area contributed by atoms with Crippen LogP contribution < -0.4 is 5.32 Å². The zero-order valence-corrected chi connectivity index (χ0v) is 10.3. The zero-order valence-electron chi connectivity index (χ0n) is 10.3. The highest BCUT2D eigenvalue weighted by atomic mass is 19.4. The van der Waals surface area contributed by atoms with Crippen LogP contribution in [0, 0.1) is 11.3 Å². The number of halogens is 3. The van der Waals surface area contributed by atoms with Crippen molar-refractivity contribution in [2.45, 2.75) is 12.7 Å². The van der Waals surface area contributed by atoms with Gasteiger partial charge in [-0.3, -0.25) is 0 Å². The van der Waals surface area contributed by atoms with E-state index in [-0.39, 0.29) is 12.1 Å². The van der Waals surface area contributed by atoms with Crippen molar-refractivity contribution in [2.24, 2.45) is 0 Å². The van der Waals surface area contributed by atoms with Crippen LogP contribution in [0.1, 0.15) is 16.7 Å². The number of nitriles is 1. The molecule has 0 aliphatic heterocycles. The number of anilines is 1. The van der Waals surface area contributed by atoms with Gasteiger partial charge in [-0.1, -0.05) is 18.2 Å². The topological polar surface area (TPSA) is 48.7 Å². The molecule has 2 aromatic rings. The molecule has 0 aliphatic carbocycles. The van der Waals surface area contributed by atoms with Crippen molar-refractivity contribution in [3.05, 3.63) is 59.3 Å². The van der Waals surface area contributed by atoms with Crippen LogP contribution in [0.25, 0.3) is 0 Å². The highest BCUT2D eigenvalue weighted by Crippen LogP contribution is 2.32. The number of hydrogen-bond acceptors (Lipinski definition) is 3. The molecule has 3 nitrogen and oxygen atoms in total. The minimum Gasteiger partial charge on any atom is -0.366 e. The van der Waals surface area contributed by atoms with Gasteiger partial charge in [0, 0.05) is 12.7 Å². The fraction of sp³-hybridized carbons (Fsp3) is 0.143. The molecule has 0 amide bonds. The number of benzene rings is 1. The van der Waals surface area contributed by atoms with Crippen LogP contribution in [0.5, 0.6) is 0 Å². The first-order valence-corrected chi connectivity index (χ1v) is 5.76. The molecule has 2 rings (SSSR count). The Morgan fingerprint density at radius 1 is 1.20 bits per heavy atom. The molecule has 0 saturated carbocycles. The Bertz CT molecular complexity index is 645. The van der Waals surface area contributed by atoms with E-state index in [4.69, 9.17) is 5.26 Å². The monoisotopic (exact) mass is 277 g/mol. The third-order valence-corrected chi connectivity index (χ3v) is 2.67. The molecule has 0 unspecified atom stereocenters. The number of nitrogens with one attached hydrogen (secondary N) is 1. The molecule has 1 heterocycles. The molecule has 0 fully saturated rings. The van der Waals surface area contributed by atoms with Gasteiger partial charge < -0.3 is 5.32 Å². The summed E-state index contributed by atoms with van der Waals surface area (Å²) < 4.78 is 38.4. The van der Waals surface area contributed by atoms with E-state index in [9.17, 15) is 13.2 Å². The molecule has 0 aliphatic rings. The van der Waals surface area contributed by atoms with E-state index < -0.39 is 11.7 Å². The maximum absolute atomic E-state index is 12.8. The predicted octanol–water partition coefficient (Wildman–Crippen LogP) is 3.58. The third-order valence-electron chi connectivity index (χ3n) is 2.67. The van der Waals surface area contributed by atoms with E-state index >= 15 is 0 Å². The normalized spacial score (nSPS) is 10.9. The summed E-state index contributed by atoms with van der Waals surface area (Å²) in [7, 11) is 0. The molecule has 0 bridgehead atoms. The summed E-state index contributed by atoms with van der Waals surface area (Å²) in [6, 6.07) is 10.3. The fourth-order valence-electron chi connectivity index (χ4n) is 1.73. The molecular weight excluding hydrogens is 267 g/mol. The summed E-state index contributed by atoms with van der Waals surface area (Å²) >= 11 is 0. The number of hydrogen-bond donors (Lipinski definition) is 1. The lowest BCUT2D eigenvalue weighted by molar-refractivity contribution is -0.138. The first-order chi connectivity index (χ1) is 9.50. The van der Waals surface area contributed by atoms with Gasteiger partial charge in [-0.05, 0) is 23.8 Å².